The van der Waals surface area contributed by atoms with Gasteiger partial charge in [-0.2, -0.15) is 13.2 Å². The van der Waals surface area contributed by atoms with Crippen molar-refractivity contribution < 1.29 is 22.7 Å². The molecule has 1 aliphatic rings. The van der Waals surface area contributed by atoms with Crippen molar-refractivity contribution in [3.63, 3.8) is 0 Å². The average Bonchev–Trinajstić information content (AvgIpc) is 3.08. The van der Waals surface area contributed by atoms with E-state index in [4.69, 9.17) is 4.74 Å². The highest BCUT2D eigenvalue weighted by atomic mass is 19.4. The molecule has 1 rings (SSSR count). The Morgan fingerprint density at radius 1 is 1.35 bits per heavy atom. The zero-order chi connectivity index (χ0) is 15.6. The molecule has 0 aromatic rings. The van der Waals surface area contributed by atoms with Crippen molar-refractivity contribution >= 4 is 5.97 Å². The Morgan fingerprint density at radius 3 is 2.25 bits per heavy atom. The van der Waals surface area contributed by atoms with Crippen LogP contribution in [-0.4, -0.2) is 54.9 Å². The van der Waals surface area contributed by atoms with Gasteiger partial charge in [0.2, 0.25) is 0 Å². The van der Waals surface area contributed by atoms with Gasteiger partial charge in [-0.1, -0.05) is 0 Å². The van der Waals surface area contributed by atoms with E-state index in [0.717, 1.165) is 12.8 Å². The third kappa shape index (κ3) is 5.28. The summed E-state index contributed by atoms with van der Waals surface area (Å²) < 4.78 is 42.6. The molecule has 0 heterocycles. The minimum absolute atomic E-state index is 0.0344. The highest BCUT2D eigenvalue weighted by Gasteiger charge is 2.43. The first kappa shape index (κ1) is 17.2. The molecular weight excluding hydrogens is 273 g/mol. The van der Waals surface area contributed by atoms with E-state index in [9.17, 15) is 18.0 Å². The molecule has 1 unspecified atom stereocenters. The second-order valence-electron chi connectivity index (χ2n) is 5.86. The van der Waals surface area contributed by atoms with Gasteiger partial charge in [-0.25, -0.2) is 0 Å². The van der Waals surface area contributed by atoms with Crippen molar-refractivity contribution in [2.75, 3.05) is 20.2 Å². The van der Waals surface area contributed by atoms with E-state index in [1.807, 2.05) is 0 Å². The number of carbonyl (C=O) groups is 1. The van der Waals surface area contributed by atoms with Crippen LogP contribution in [0.3, 0.4) is 0 Å². The van der Waals surface area contributed by atoms with Gasteiger partial charge in [0.25, 0.3) is 0 Å². The Labute approximate surface area is 117 Å². The summed E-state index contributed by atoms with van der Waals surface area (Å²) in [5.74, 6) is -0.530. The van der Waals surface area contributed by atoms with Gasteiger partial charge in [0.05, 0.1) is 13.7 Å². The third-order valence-electron chi connectivity index (χ3n) is 3.37. The van der Waals surface area contributed by atoms with Gasteiger partial charge in [0, 0.05) is 18.6 Å². The zero-order valence-electron chi connectivity index (χ0n) is 12.4. The fourth-order valence-corrected chi connectivity index (χ4v) is 2.13. The third-order valence-corrected chi connectivity index (χ3v) is 3.37. The summed E-state index contributed by atoms with van der Waals surface area (Å²) in [5.41, 5.74) is -1.12. The lowest BCUT2D eigenvalue weighted by atomic mass is 10.0. The fourth-order valence-electron chi connectivity index (χ4n) is 2.13. The van der Waals surface area contributed by atoms with E-state index in [1.54, 1.807) is 20.8 Å². The van der Waals surface area contributed by atoms with E-state index >= 15 is 0 Å². The Kier molecular flexibility index (Phi) is 5.43. The van der Waals surface area contributed by atoms with Gasteiger partial charge in [-0.05, 0) is 33.6 Å². The smallest absolute Gasteiger partial charge is 0.401 e. The van der Waals surface area contributed by atoms with Crippen molar-refractivity contribution in [3.8, 4) is 0 Å². The summed E-state index contributed by atoms with van der Waals surface area (Å²) in [6.07, 6.45) is -2.41. The Morgan fingerprint density at radius 2 is 1.90 bits per heavy atom. The summed E-state index contributed by atoms with van der Waals surface area (Å²) in [4.78, 5) is 13.2. The van der Waals surface area contributed by atoms with E-state index in [1.165, 1.54) is 12.0 Å². The number of carbonyl (C=O) groups excluding carboxylic acids is 1. The molecule has 0 radical (unpaired) electrons. The van der Waals surface area contributed by atoms with Gasteiger partial charge in [-0.3, -0.25) is 15.0 Å². The molecule has 0 spiro atoms. The van der Waals surface area contributed by atoms with Crippen LogP contribution in [0.25, 0.3) is 0 Å². The van der Waals surface area contributed by atoms with Crippen LogP contribution < -0.4 is 5.32 Å². The highest BCUT2D eigenvalue weighted by molar-refractivity contribution is 5.80. The molecule has 0 saturated heterocycles. The Balaban J connectivity index is 2.80. The summed E-state index contributed by atoms with van der Waals surface area (Å²) in [6.45, 7) is 3.89. The molecule has 1 N–H and O–H groups in total. The molecule has 1 fully saturated rings. The Hall–Kier alpha value is -0.820. The maximum absolute atomic E-state index is 12.6. The van der Waals surface area contributed by atoms with Crippen molar-refractivity contribution in [1.29, 1.82) is 0 Å². The predicted octanol–water partition coefficient (Wildman–Crippen LogP) is 1.94. The number of alkyl halides is 3. The summed E-state index contributed by atoms with van der Waals surface area (Å²) in [5, 5.41) is 3.11. The first-order valence-electron chi connectivity index (χ1n) is 6.74. The van der Waals surface area contributed by atoms with Crippen LogP contribution in [0.5, 0.6) is 0 Å². The lowest BCUT2D eigenvalue weighted by molar-refractivity contribution is -0.160. The molecule has 0 aromatic carbocycles. The SMILES string of the molecule is COC(=O)C(C)(CN(CC(F)(F)F)C(C)C)NC1CC1. The number of halogens is 3. The van der Waals surface area contributed by atoms with E-state index < -0.39 is 24.2 Å². The van der Waals surface area contributed by atoms with Gasteiger partial charge in [-0.15, -0.1) is 0 Å². The highest BCUT2D eigenvalue weighted by Crippen LogP contribution is 2.25. The van der Waals surface area contributed by atoms with Crippen LogP contribution in [0.2, 0.25) is 0 Å². The number of ether oxygens (including phenoxy) is 1. The lowest BCUT2D eigenvalue weighted by Crippen LogP contribution is -2.60. The van der Waals surface area contributed by atoms with Crippen molar-refractivity contribution in [1.82, 2.24) is 10.2 Å². The molecule has 0 amide bonds. The van der Waals surface area contributed by atoms with Crippen molar-refractivity contribution in [2.24, 2.45) is 0 Å². The molecule has 118 valence electrons. The van der Waals surface area contributed by atoms with Crippen LogP contribution >= 0.6 is 0 Å². The summed E-state index contributed by atoms with van der Waals surface area (Å²) in [7, 11) is 1.25. The molecule has 4 nitrogen and oxygen atoms in total. The van der Waals surface area contributed by atoms with Crippen LogP contribution in [0, 0.1) is 0 Å². The summed E-state index contributed by atoms with van der Waals surface area (Å²) in [6, 6.07) is -0.124. The zero-order valence-corrected chi connectivity index (χ0v) is 12.4. The number of nitrogens with one attached hydrogen (secondary N) is 1. The van der Waals surface area contributed by atoms with E-state index in [-0.39, 0.29) is 18.6 Å². The number of rotatable bonds is 7. The number of methoxy groups -OCH3 is 1. The van der Waals surface area contributed by atoms with Crippen molar-refractivity contribution in [2.45, 2.75) is 57.4 Å². The standard InChI is InChI=1S/C13H23F3N2O2/c1-9(2)18(8-13(14,15)16)7-12(3,11(19)20-4)17-10-5-6-10/h9-10,17H,5-8H2,1-4H3. The van der Waals surface area contributed by atoms with Crippen LogP contribution in [0.4, 0.5) is 13.2 Å². The fraction of sp³-hybridized carbons (Fsp3) is 0.923. The number of esters is 1. The second kappa shape index (κ2) is 6.30. The van der Waals surface area contributed by atoms with Crippen LogP contribution in [-0.2, 0) is 9.53 Å². The minimum Gasteiger partial charge on any atom is -0.468 e. The molecule has 0 aliphatic heterocycles. The molecule has 1 aliphatic carbocycles. The first-order chi connectivity index (χ1) is 9.07. The topological polar surface area (TPSA) is 41.6 Å². The number of hydrogen-bond donors (Lipinski definition) is 1. The second-order valence-corrected chi connectivity index (χ2v) is 5.86. The van der Waals surface area contributed by atoms with Crippen molar-refractivity contribution in [3.05, 3.63) is 0 Å². The van der Waals surface area contributed by atoms with Gasteiger partial charge in [0.1, 0.15) is 5.54 Å². The maximum atomic E-state index is 12.6. The molecule has 1 saturated carbocycles. The quantitative estimate of drug-likeness (QED) is 0.729. The van der Waals surface area contributed by atoms with Crippen LogP contribution in [0.1, 0.15) is 33.6 Å². The predicted molar refractivity (Wildman–Crippen MR) is 69.3 cm³/mol. The normalized spacial score (nSPS) is 19.2. The largest absolute Gasteiger partial charge is 0.468 e. The summed E-state index contributed by atoms with van der Waals surface area (Å²) >= 11 is 0. The monoisotopic (exact) mass is 296 g/mol. The van der Waals surface area contributed by atoms with E-state index in [2.05, 4.69) is 5.32 Å². The average molecular weight is 296 g/mol. The molecule has 0 bridgehead atoms. The first-order valence-corrected chi connectivity index (χ1v) is 6.74. The number of nitrogens with zero attached hydrogens (tertiary/aromatic N) is 1. The molecule has 1 atom stereocenters. The van der Waals surface area contributed by atoms with E-state index in [0.29, 0.717) is 0 Å². The minimum atomic E-state index is -4.29. The Bertz CT molecular complexity index is 343. The molecular formula is C13H23F3N2O2. The molecule has 20 heavy (non-hydrogen) atoms. The molecule has 0 aromatic heterocycles. The lowest BCUT2D eigenvalue weighted by Gasteiger charge is -2.36. The number of hydrogen-bond acceptors (Lipinski definition) is 4. The van der Waals surface area contributed by atoms with Gasteiger partial charge >= 0.3 is 12.1 Å². The van der Waals surface area contributed by atoms with Gasteiger partial charge < -0.3 is 4.74 Å². The molecule has 7 heteroatoms. The van der Waals surface area contributed by atoms with Gasteiger partial charge in [0.15, 0.2) is 0 Å². The van der Waals surface area contributed by atoms with Crippen LogP contribution in [0.15, 0.2) is 0 Å². The maximum Gasteiger partial charge on any atom is 0.401 e.